The van der Waals surface area contributed by atoms with Crippen molar-refractivity contribution < 1.29 is 43.8 Å². The molecule has 0 aliphatic rings. The summed E-state index contributed by atoms with van der Waals surface area (Å²) in [6, 6.07) is 4.23. The fourth-order valence-electron chi connectivity index (χ4n) is 2.85. The number of carboxylic acid groups (broad SMARTS) is 1. The molecule has 13 nitrogen and oxygen atoms in total. The first kappa shape index (κ1) is 25.0. The van der Waals surface area contributed by atoms with Gasteiger partial charge in [-0.1, -0.05) is 0 Å². The van der Waals surface area contributed by atoms with Crippen molar-refractivity contribution in [1.29, 1.82) is 0 Å². The van der Waals surface area contributed by atoms with E-state index in [1.165, 1.54) is 14.2 Å². The molecule has 0 aliphatic heterocycles. The van der Waals surface area contributed by atoms with E-state index in [1.807, 2.05) is 0 Å². The number of methoxy groups -OCH3 is 2. The van der Waals surface area contributed by atoms with Crippen molar-refractivity contribution in [2.24, 2.45) is 0 Å². The number of rotatable bonds is 13. The highest BCUT2D eigenvalue weighted by atomic mass is 16.6. The van der Waals surface area contributed by atoms with E-state index < -0.39 is 38.5 Å². The zero-order valence-corrected chi connectivity index (χ0v) is 17.8. The number of carboxylic acids is 1. The fraction of sp³-hybridized carbons (Fsp3) is 0.350. The molecule has 0 unspecified atom stereocenters. The molecule has 0 amide bonds. The summed E-state index contributed by atoms with van der Waals surface area (Å²) in [7, 11) is 2.63. The minimum absolute atomic E-state index is 0.0478. The number of carbonyl (C=O) groups is 1. The van der Waals surface area contributed by atoms with E-state index >= 15 is 0 Å². The van der Waals surface area contributed by atoms with Crippen LogP contribution in [0.5, 0.6) is 28.7 Å². The van der Waals surface area contributed by atoms with Crippen molar-refractivity contribution in [3.63, 3.8) is 0 Å². The number of unbranched alkanes of at least 4 members (excludes halogenated alkanes) is 2. The number of ether oxygens (including phenoxy) is 4. The number of phenols is 1. The first-order valence-electron chi connectivity index (χ1n) is 9.60. The van der Waals surface area contributed by atoms with Gasteiger partial charge in [0.05, 0.1) is 49.4 Å². The van der Waals surface area contributed by atoms with E-state index in [0.717, 1.165) is 24.3 Å². The summed E-state index contributed by atoms with van der Waals surface area (Å²) in [5.41, 5.74) is -1.62. The first-order valence-corrected chi connectivity index (χ1v) is 9.60. The number of aromatic carboxylic acids is 1. The highest BCUT2D eigenvalue weighted by Gasteiger charge is 2.24. The Morgan fingerprint density at radius 3 is 1.76 bits per heavy atom. The lowest BCUT2D eigenvalue weighted by atomic mass is 10.1. The van der Waals surface area contributed by atoms with Crippen LogP contribution in [-0.2, 0) is 0 Å². The van der Waals surface area contributed by atoms with E-state index in [4.69, 9.17) is 24.1 Å². The fourth-order valence-corrected chi connectivity index (χ4v) is 2.85. The Kier molecular flexibility index (Phi) is 8.60. The second kappa shape index (κ2) is 11.4. The van der Waals surface area contributed by atoms with Crippen LogP contribution in [0.15, 0.2) is 24.3 Å². The van der Waals surface area contributed by atoms with Crippen molar-refractivity contribution in [3.05, 3.63) is 50.1 Å². The molecule has 0 bridgehead atoms. The van der Waals surface area contributed by atoms with Crippen LogP contribution < -0.4 is 18.9 Å². The van der Waals surface area contributed by atoms with Gasteiger partial charge in [0.1, 0.15) is 5.56 Å². The highest BCUT2D eigenvalue weighted by Crippen LogP contribution is 2.38. The molecule has 0 heterocycles. The van der Waals surface area contributed by atoms with E-state index in [0.29, 0.717) is 19.3 Å². The highest BCUT2D eigenvalue weighted by molar-refractivity contribution is 5.93. The number of nitro groups is 2. The van der Waals surface area contributed by atoms with Gasteiger partial charge in [-0.3, -0.25) is 20.2 Å². The van der Waals surface area contributed by atoms with Gasteiger partial charge in [0, 0.05) is 12.1 Å². The van der Waals surface area contributed by atoms with Crippen LogP contribution in [-0.4, -0.2) is 53.5 Å². The Hall–Kier alpha value is -4.29. The third-order valence-corrected chi connectivity index (χ3v) is 4.47. The van der Waals surface area contributed by atoms with Gasteiger partial charge in [0.25, 0.3) is 5.69 Å². The molecule has 0 saturated carbocycles. The van der Waals surface area contributed by atoms with Gasteiger partial charge in [-0.05, 0) is 19.3 Å². The maximum Gasteiger partial charge on any atom is 0.342 e. The lowest BCUT2D eigenvalue weighted by molar-refractivity contribution is -0.386. The van der Waals surface area contributed by atoms with Gasteiger partial charge in [-0.15, -0.1) is 0 Å². The van der Waals surface area contributed by atoms with Crippen LogP contribution in [0.3, 0.4) is 0 Å². The molecular weight excluding hydrogens is 444 g/mol. The summed E-state index contributed by atoms with van der Waals surface area (Å²) in [5, 5.41) is 40.9. The minimum atomic E-state index is -1.46. The quantitative estimate of drug-likeness (QED) is 0.250. The Bertz CT molecular complexity index is 1040. The summed E-state index contributed by atoms with van der Waals surface area (Å²) in [4.78, 5) is 31.8. The second-order valence-electron chi connectivity index (χ2n) is 6.59. The molecule has 0 saturated heterocycles. The molecule has 0 spiro atoms. The van der Waals surface area contributed by atoms with E-state index in [2.05, 4.69) is 0 Å². The summed E-state index contributed by atoms with van der Waals surface area (Å²) in [5.74, 6) is -1.61. The van der Waals surface area contributed by atoms with Gasteiger partial charge in [-0.2, -0.15) is 0 Å². The molecule has 0 radical (unpaired) electrons. The van der Waals surface area contributed by atoms with Crippen molar-refractivity contribution in [2.75, 3.05) is 27.4 Å². The topological polar surface area (TPSA) is 181 Å². The van der Waals surface area contributed by atoms with Crippen LogP contribution in [0.1, 0.15) is 29.6 Å². The van der Waals surface area contributed by atoms with E-state index in [-0.39, 0.29) is 36.2 Å². The third kappa shape index (κ3) is 6.35. The zero-order valence-electron chi connectivity index (χ0n) is 17.8. The number of hydrogen-bond donors (Lipinski definition) is 2. The molecule has 2 N–H and O–H groups in total. The number of benzene rings is 2. The molecule has 13 heteroatoms. The maximum absolute atomic E-state index is 11.2. The van der Waals surface area contributed by atoms with E-state index in [9.17, 15) is 30.1 Å². The number of nitrogens with zero attached hydrogens (tertiary/aromatic N) is 2. The summed E-state index contributed by atoms with van der Waals surface area (Å²) >= 11 is 0. The van der Waals surface area contributed by atoms with Gasteiger partial charge in [0.15, 0.2) is 28.7 Å². The standard InChI is InChI=1S/C20H22N2O11/c1-30-16-8-12(20(24)25)13(21(26)27)9-18(16)32-6-4-3-5-7-33-19-10-14(22(28)29)15(23)11-17(19)31-2/h8-11,23H,3-7H2,1-2H3,(H,24,25). The van der Waals surface area contributed by atoms with Crippen LogP contribution in [0.2, 0.25) is 0 Å². The Balaban J connectivity index is 1.89. The first-order chi connectivity index (χ1) is 15.7. The average molecular weight is 466 g/mol. The molecule has 33 heavy (non-hydrogen) atoms. The normalized spacial score (nSPS) is 10.4. The molecule has 0 atom stereocenters. The number of phenolic OH excluding ortho intramolecular Hbond substituents is 1. The Morgan fingerprint density at radius 2 is 1.30 bits per heavy atom. The van der Waals surface area contributed by atoms with Crippen LogP contribution in [0.4, 0.5) is 11.4 Å². The molecule has 0 aromatic heterocycles. The molecular formula is C20H22N2O11. The molecule has 178 valence electrons. The van der Waals surface area contributed by atoms with Crippen molar-refractivity contribution >= 4 is 17.3 Å². The molecule has 0 aliphatic carbocycles. The SMILES string of the molecule is COc1cc(O)c([N+](=O)[O-])cc1OCCCCCOc1cc([N+](=O)[O-])c(C(=O)O)cc1OC. The Morgan fingerprint density at radius 1 is 0.818 bits per heavy atom. The van der Waals surface area contributed by atoms with Gasteiger partial charge < -0.3 is 29.2 Å². The zero-order chi connectivity index (χ0) is 24.5. The smallest absolute Gasteiger partial charge is 0.342 e. The van der Waals surface area contributed by atoms with Crippen LogP contribution in [0.25, 0.3) is 0 Å². The van der Waals surface area contributed by atoms with E-state index in [1.54, 1.807) is 0 Å². The average Bonchev–Trinajstić information content (AvgIpc) is 2.77. The third-order valence-electron chi connectivity index (χ3n) is 4.47. The molecule has 2 aromatic rings. The largest absolute Gasteiger partial charge is 0.502 e. The summed E-state index contributed by atoms with van der Waals surface area (Å²) in [6.07, 6.45) is 1.71. The van der Waals surface area contributed by atoms with Gasteiger partial charge in [-0.25, -0.2) is 4.79 Å². The van der Waals surface area contributed by atoms with Crippen molar-refractivity contribution in [3.8, 4) is 28.7 Å². The van der Waals surface area contributed by atoms with Crippen LogP contribution >= 0.6 is 0 Å². The summed E-state index contributed by atoms with van der Waals surface area (Å²) in [6.45, 7) is 0.383. The van der Waals surface area contributed by atoms with Crippen molar-refractivity contribution in [2.45, 2.75) is 19.3 Å². The lowest BCUT2D eigenvalue weighted by Gasteiger charge is -2.12. The molecule has 2 aromatic carbocycles. The minimum Gasteiger partial charge on any atom is -0.502 e. The summed E-state index contributed by atoms with van der Waals surface area (Å²) < 4.78 is 21.2. The van der Waals surface area contributed by atoms with Gasteiger partial charge >= 0.3 is 11.7 Å². The molecule has 2 rings (SSSR count). The van der Waals surface area contributed by atoms with Crippen LogP contribution in [0, 0.1) is 20.2 Å². The van der Waals surface area contributed by atoms with Gasteiger partial charge in [0.2, 0.25) is 0 Å². The number of nitro benzene ring substituents is 2. The Labute approximate surface area is 187 Å². The van der Waals surface area contributed by atoms with Crippen molar-refractivity contribution in [1.82, 2.24) is 0 Å². The monoisotopic (exact) mass is 466 g/mol. The second-order valence-corrected chi connectivity index (χ2v) is 6.59. The predicted octanol–water partition coefficient (Wildman–Crippen LogP) is 3.55. The molecule has 0 fully saturated rings. The predicted molar refractivity (Wildman–Crippen MR) is 113 cm³/mol. The maximum atomic E-state index is 11.2. The lowest BCUT2D eigenvalue weighted by Crippen LogP contribution is -2.06. The number of hydrogen-bond acceptors (Lipinski definition) is 10. The number of aromatic hydroxyl groups is 1.